The molecule has 100 valence electrons. The lowest BCUT2D eigenvalue weighted by Gasteiger charge is -2.22. The standard InChI is InChI=1S/C14H18F2O2/c1-9-5-6-11(14(3,15)16)13(18-4)12(9)10(2)7-8-17/h5-6,8,10H,7H2,1-4H3. The Balaban J connectivity index is 3.44. The molecule has 0 N–H and O–H groups in total. The average molecular weight is 256 g/mol. The van der Waals surface area contributed by atoms with E-state index in [2.05, 4.69) is 0 Å². The molecule has 1 atom stereocenters. The van der Waals surface area contributed by atoms with E-state index in [4.69, 9.17) is 4.74 Å². The van der Waals surface area contributed by atoms with Crippen molar-refractivity contribution in [2.45, 2.75) is 39.0 Å². The predicted molar refractivity (Wildman–Crippen MR) is 66.4 cm³/mol. The van der Waals surface area contributed by atoms with Gasteiger partial charge in [-0.15, -0.1) is 0 Å². The molecule has 0 aromatic heterocycles. The van der Waals surface area contributed by atoms with E-state index < -0.39 is 5.92 Å². The van der Waals surface area contributed by atoms with Crippen LogP contribution in [0, 0.1) is 6.92 Å². The van der Waals surface area contributed by atoms with Crippen molar-refractivity contribution in [3.8, 4) is 5.75 Å². The lowest BCUT2D eigenvalue weighted by molar-refractivity contribution is -0.108. The second-order valence-corrected chi connectivity index (χ2v) is 4.57. The Morgan fingerprint density at radius 1 is 1.44 bits per heavy atom. The lowest BCUT2D eigenvalue weighted by Crippen LogP contribution is -2.12. The van der Waals surface area contributed by atoms with Crippen LogP contribution in [0.5, 0.6) is 5.75 Å². The molecule has 0 radical (unpaired) electrons. The first kappa shape index (κ1) is 14.6. The van der Waals surface area contributed by atoms with Gasteiger partial charge in [0.15, 0.2) is 0 Å². The van der Waals surface area contributed by atoms with Crippen molar-refractivity contribution in [2.24, 2.45) is 0 Å². The molecule has 0 spiro atoms. The lowest BCUT2D eigenvalue weighted by atomic mass is 9.90. The van der Waals surface area contributed by atoms with Crippen LogP contribution in [-0.4, -0.2) is 13.4 Å². The van der Waals surface area contributed by atoms with Crippen LogP contribution in [-0.2, 0) is 10.7 Å². The second-order valence-electron chi connectivity index (χ2n) is 4.57. The van der Waals surface area contributed by atoms with Crippen LogP contribution in [0.15, 0.2) is 12.1 Å². The number of hydrogen-bond acceptors (Lipinski definition) is 2. The van der Waals surface area contributed by atoms with Crippen LogP contribution >= 0.6 is 0 Å². The maximum absolute atomic E-state index is 13.5. The first-order valence-corrected chi connectivity index (χ1v) is 5.82. The van der Waals surface area contributed by atoms with Crippen molar-refractivity contribution in [2.75, 3.05) is 7.11 Å². The molecule has 0 aliphatic carbocycles. The molecule has 4 heteroatoms. The maximum atomic E-state index is 13.5. The highest BCUT2D eigenvalue weighted by molar-refractivity contribution is 5.55. The number of aldehydes is 1. The Kier molecular flexibility index (Phi) is 4.43. The molecular weight excluding hydrogens is 238 g/mol. The molecule has 0 saturated carbocycles. The van der Waals surface area contributed by atoms with Crippen LogP contribution in [0.25, 0.3) is 0 Å². The number of methoxy groups -OCH3 is 1. The number of hydrogen-bond donors (Lipinski definition) is 0. The summed E-state index contributed by atoms with van der Waals surface area (Å²) in [4.78, 5) is 10.6. The van der Waals surface area contributed by atoms with Crippen LogP contribution in [0.4, 0.5) is 8.78 Å². The molecule has 1 unspecified atom stereocenters. The van der Waals surface area contributed by atoms with Gasteiger partial charge in [-0.25, -0.2) is 8.78 Å². The highest BCUT2D eigenvalue weighted by Crippen LogP contribution is 2.41. The van der Waals surface area contributed by atoms with Crippen LogP contribution < -0.4 is 4.74 Å². The summed E-state index contributed by atoms with van der Waals surface area (Å²) in [5.74, 6) is -2.91. The van der Waals surface area contributed by atoms with Crippen LogP contribution in [0.3, 0.4) is 0 Å². The summed E-state index contributed by atoms with van der Waals surface area (Å²) in [7, 11) is 1.38. The summed E-state index contributed by atoms with van der Waals surface area (Å²) < 4.78 is 32.2. The highest BCUT2D eigenvalue weighted by atomic mass is 19.3. The molecule has 0 saturated heterocycles. The zero-order chi connectivity index (χ0) is 13.9. The van der Waals surface area contributed by atoms with Crippen molar-refractivity contribution in [3.05, 3.63) is 28.8 Å². The van der Waals surface area contributed by atoms with Crippen LogP contribution in [0.2, 0.25) is 0 Å². The molecule has 0 bridgehead atoms. The molecular formula is C14H18F2O2. The van der Waals surface area contributed by atoms with Gasteiger partial charge in [0.25, 0.3) is 5.92 Å². The fourth-order valence-electron chi connectivity index (χ4n) is 2.14. The van der Waals surface area contributed by atoms with Gasteiger partial charge in [-0.05, 0) is 24.5 Å². The Hall–Kier alpha value is -1.45. The molecule has 0 aliphatic rings. The van der Waals surface area contributed by atoms with Gasteiger partial charge in [-0.1, -0.05) is 13.0 Å². The summed E-state index contributed by atoms with van der Waals surface area (Å²) >= 11 is 0. The normalized spacial score (nSPS) is 13.2. The van der Waals surface area contributed by atoms with Crippen LogP contribution in [0.1, 0.15) is 42.9 Å². The largest absolute Gasteiger partial charge is 0.496 e. The number of carbonyl (C=O) groups is 1. The van der Waals surface area contributed by atoms with Crippen molar-refractivity contribution in [1.29, 1.82) is 0 Å². The van der Waals surface area contributed by atoms with Gasteiger partial charge in [0.05, 0.1) is 12.7 Å². The smallest absolute Gasteiger partial charge is 0.274 e. The van der Waals surface area contributed by atoms with Crippen molar-refractivity contribution >= 4 is 6.29 Å². The van der Waals surface area contributed by atoms with Gasteiger partial charge in [-0.3, -0.25) is 0 Å². The topological polar surface area (TPSA) is 26.3 Å². The maximum Gasteiger partial charge on any atom is 0.274 e. The van der Waals surface area contributed by atoms with E-state index in [0.29, 0.717) is 5.56 Å². The van der Waals surface area contributed by atoms with Crippen molar-refractivity contribution in [1.82, 2.24) is 0 Å². The van der Waals surface area contributed by atoms with E-state index >= 15 is 0 Å². The highest BCUT2D eigenvalue weighted by Gasteiger charge is 2.31. The van der Waals surface area contributed by atoms with Gasteiger partial charge >= 0.3 is 0 Å². The quantitative estimate of drug-likeness (QED) is 0.749. The molecule has 1 aromatic carbocycles. The summed E-state index contributed by atoms with van der Waals surface area (Å²) in [5, 5.41) is 0. The van der Waals surface area contributed by atoms with E-state index in [1.807, 2.05) is 13.8 Å². The Morgan fingerprint density at radius 3 is 2.50 bits per heavy atom. The third-order valence-electron chi connectivity index (χ3n) is 3.03. The number of ether oxygens (including phenoxy) is 1. The molecule has 1 aromatic rings. The molecule has 0 amide bonds. The van der Waals surface area contributed by atoms with E-state index in [9.17, 15) is 13.6 Å². The van der Waals surface area contributed by atoms with E-state index in [1.54, 1.807) is 6.07 Å². The predicted octanol–water partition coefficient (Wildman–Crippen LogP) is 3.81. The monoisotopic (exact) mass is 256 g/mol. The number of rotatable bonds is 5. The van der Waals surface area contributed by atoms with Gasteiger partial charge in [0.2, 0.25) is 0 Å². The Bertz CT molecular complexity index is 436. The van der Waals surface area contributed by atoms with Gasteiger partial charge < -0.3 is 9.53 Å². The van der Waals surface area contributed by atoms with Crippen molar-refractivity contribution in [3.63, 3.8) is 0 Å². The average Bonchev–Trinajstić information content (AvgIpc) is 2.26. The minimum absolute atomic E-state index is 0.136. The minimum Gasteiger partial charge on any atom is -0.496 e. The SMILES string of the molecule is COc1c(C(C)(F)F)ccc(C)c1C(C)CC=O. The zero-order valence-corrected chi connectivity index (χ0v) is 11.1. The third kappa shape index (κ3) is 2.86. The molecule has 1 rings (SSSR count). The fourth-order valence-corrected chi connectivity index (χ4v) is 2.14. The number of alkyl halides is 2. The first-order chi connectivity index (χ1) is 8.32. The fraction of sp³-hybridized carbons (Fsp3) is 0.500. The molecule has 0 fully saturated rings. The van der Waals surface area contributed by atoms with Crippen molar-refractivity contribution < 1.29 is 18.3 Å². The van der Waals surface area contributed by atoms with E-state index in [0.717, 1.165) is 18.8 Å². The molecule has 0 aliphatic heterocycles. The first-order valence-electron chi connectivity index (χ1n) is 5.82. The summed E-state index contributed by atoms with van der Waals surface area (Å²) in [6.07, 6.45) is 1.08. The van der Waals surface area contributed by atoms with Gasteiger partial charge in [0, 0.05) is 18.9 Å². The summed E-state index contributed by atoms with van der Waals surface area (Å²) in [6.45, 7) is 4.50. The third-order valence-corrected chi connectivity index (χ3v) is 3.03. The summed E-state index contributed by atoms with van der Waals surface area (Å²) in [6, 6.07) is 3.02. The van der Waals surface area contributed by atoms with Gasteiger partial charge in [-0.2, -0.15) is 0 Å². The van der Waals surface area contributed by atoms with E-state index in [1.165, 1.54) is 13.2 Å². The number of aryl methyl sites for hydroxylation is 1. The number of halogens is 2. The Labute approximate surface area is 106 Å². The second kappa shape index (κ2) is 5.46. The number of benzene rings is 1. The zero-order valence-electron chi connectivity index (χ0n) is 11.1. The molecule has 18 heavy (non-hydrogen) atoms. The molecule has 2 nitrogen and oxygen atoms in total. The summed E-state index contributed by atoms with van der Waals surface area (Å²) in [5.41, 5.74) is 1.40. The van der Waals surface area contributed by atoms with Gasteiger partial charge in [0.1, 0.15) is 12.0 Å². The number of carbonyl (C=O) groups excluding carboxylic acids is 1. The molecule has 0 heterocycles. The Morgan fingerprint density at radius 2 is 2.06 bits per heavy atom. The minimum atomic E-state index is -2.96. The van der Waals surface area contributed by atoms with E-state index in [-0.39, 0.29) is 23.7 Å².